The van der Waals surface area contributed by atoms with Crippen LogP contribution in [-0.4, -0.2) is 34.1 Å². The number of benzene rings is 2. The molecule has 142 valence electrons. The zero-order valence-corrected chi connectivity index (χ0v) is 15.4. The highest BCUT2D eigenvalue weighted by molar-refractivity contribution is 5.97. The molecule has 0 saturated carbocycles. The van der Waals surface area contributed by atoms with Crippen LogP contribution in [0.25, 0.3) is 10.9 Å². The number of nitrogens with zero attached hydrogens (tertiary/aromatic N) is 3. The Bertz CT molecular complexity index is 1120. The summed E-state index contributed by atoms with van der Waals surface area (Å²) in [6.07, 6.45) is 2.08. The maximum atomic E-state index is 12.6. The van der Waals surface area contributed by atoms with Crippen LogP contribution < -0.4 is 10.5 Å². The van der Waals surface area contributed by atoms with Crippen LogP contribution in [0.15, 0.2) is 59.7 Å². The van der Waals surface area contributed by atoms with Crippen LogP contribution >= 0.6 is 0 Å². The molecule has 4 rings (SSSR count). The van der Waals surface area contributed by atoms with Gasteiger partial charge in [-0.3, -0.25) is 19.0 Å². The number of hydrogen-bond acceptors (Lipinski definition) is 5. The Kier molecular flexibility index (Phi) is 4.65. The van der Waals surface area contributed by atoms with Crippen molar-refractivity contribution in [2.24, 2.45) is 0 Å². The van der Waals surface area contributed by atoms with Crippen molar-refractivity contribution in [3.63, 3.8) is 0 Å². The Morgan fingerprint density at radius 3 is 2.75 bits per heavy atom. The van der Waals surface area contributed by atoms with Crippen LogP contribution in [0.2, 0.25) is 0 Å². The fourth-order valence-electron chi connectivity index (χ4n) is 3.56. The minimum atomic E-state index is -0.660. The zero-order valence-electron chi connectivity index (χ0n) is 15.4. The van der Waals surface area contributed by atoms with E-state index in [1.807, 2.05) is 31.2 Å². The van der Waals surface area contributed by atoms with Gasteiger partial charge in [-0.15, -0.1) is 0 Å². The second-order valence-corrected chi connectivity index (χ2v) is 6.80. The van der Waals surface area contributed by atoms with Gasteiger partial charge in [0.05, 0.1) is 17.2 Å². The molecule has 2 heterocycles. The van der Waals surface area contributed by atoms with Crippen molar-refractivity contribution in [1.29, 1.82) is 0 Å². The van der Waals surface area contributed by atoms with Crippen molar-refractivity contribution in [3.05, 3.63) is 70.8 Å². The fourth-order valence-corrected chi connectivity index (χ4v) is 3.56. The van der Waals surface area contributed by atoms with E-state index in [9.17, 15) is 14.4 Å². The molecule has 0 N–H and O–H groups in total. The van der Waals surface area contributed by atoms with Gasteiger partial charge in [0.2, 0.25) is 0 Å². The number of fused-ring (bicyclic) bond motifs is 2. The van der Waals surface area contributed by atoms with Crippen LogP contribution in [0, 0.1) is 0 Å². The molecule has 0 unspecified atom stereocenters. The van der Waals surface area contributed by atoms with E-state index in [0.717, 1.165) is 17.7 Å². The first-order valence-corrected chi connectivity index (χ1v) is 9.04. The number of hydrogen-bond donors (Lipinski definition) is 0. The normalized spacial score (nSPS) is 15.5. The molecule has 28 heavy (non-hydrogen) atoms. The smallest absolute Gasteiger partial charge is 0.326 e. The third-order valence-corrected chi connectivity index (χ3v) is 4.86. The molecule has 0 saturated heterocycles. The summed E-state index contributed by atoms with van der Waals surface area (Å²) in [5, 5.41) is 0.427. The predicted octanol–water partition coefficient (Wildman–Crippen LogP) is 1.92. The van der Waals surface area contributed by atoms with E-state index in [0.29, 0.717) is 10.9 Å². The Morgan fingerprint density at radius 1 is 1.14 bits per heavy atom. The summed E-state index contributed by atoms with van der Waals surface area (Å²) in [6, 6.07) is 14.6. The quantitative estimate of drug-likeness (QED) is 0.649. The molecule has 2 aromatic carbocycles. The number of para-hydroxylation sites is 2. The van der Waals surface area contributed by atoms with Crippen molar-refractivity contribution in [3.8, 4) is 0 Å². The van der Waals surface area contributed by atoms with Gasteiger partial charge in [0, 0.05) is 11.7 Å². The van der Waals surface area contributed by atoms with Gasteiger partial charge in [0.1, 0.15) is 6.54 Å². The van der Waals surface area contributed by atoms with Gasteiger partial charge < -0.3 is 9.64 Å². The molecule has 1 aromatic heterocycles. The number of ether oxygens (including phenoxy) is 1. The number of carbonyl (C=O) groups excluding carboxylic acids is 2. The van der Waals surface area contributed by atoms with Crippen molar-refractivity contribution in [1.82, 2.24) is 9.55 Å². The molecule has 3 aromatic rings. The zero-order chi connectivity index (χ0) is 19.7. The number of rotatable bonds is 4. The number of amides is 1. The molecular formula is C21H19N3O4. The van der Waals surface area contributed by atoms with Gasteiger partial charge in [0.25, 0.3) is 11.5 Å². The van der Waals surface area contributed by atoms with Gasteiger partial charge in [-0.2, -0.15) is 0 Å². The third-order valence-electron chi connectivity index (χ3n) is 4.86. The first kappa shape index (κ1) is 17.9. The highest BCUT2D eigenvalue weighted by Crippen LogP contribution is 2.31. The summed E-state index contributed by atoms with van der Waals surface area (Å²) >= 11 is 0. The standard InChI is InChI=1S/C21H19N3O4/c1-14-10-15-6-2-5-9-18(15)24(14)19(25)12-28-20(26)11-23-13-22-17-8-4-3-7-16(17)21(23)27/h2-9,13-14H,10-12H2,1H3/t14-/m0/s1. The summed E-state index contributed by atoms with van der Waals surface area (Å²) in [7, 11) is 0. The lowest BCUT2D eigenvalue weighted by Crippen LogP contribution is -2.39. The van der Waals surface area contributed by atoms with Gasteiger partial charge >= 0.3 is 5.97 Å². The lowest BCUT2D eigenvalue weighted by Gasteiger charge is -2.22. The van der Waals surface area contributed by atoms with Gasteiger partial charge in [-0.25, -0.2) is 4.98 Å². The van der Waals surface area contributed by atoms with Crippen LogP contribution in [0.4, 0.5) is 5.69 Å². The second kappa shape index (κ2) is 7.26. The molecule has 7 heteroatoms. The lowest BCUT2D eigenvalue weighted by atomic mass is 10.1. The minimum absolute atomic E-state index is 0.0101. The molecule has 1 aliphatic heterocycles. The first-order chi connectivity index (χ1) is 13.5. The molecule has 7 nitrogen and oxygen atoms in total. The van der Waals surface area contributed by atoms with Crippen LogP contribution in [0.5, 0.6) is 0 Å². The van der Waals surface area contributed by atoms with E-state index < -0.39 is 5.97 Å². The molecule has 0 fully saturated rings. The number of carbonyl (C=O) groups is 2. The van der Waals surface area contributed by atoms with Gasteiger partial charge in [-0.05, 0) is 37.1 Å². The van der Waals surface area contributed by atoms with Crippen LogP contribution in [-0.2, 0) is 27.3 Å². The van der Waals surface area contributed by atoms with E-state index in [2.05, 4.69) is 4.98 Å². The third kappa shape index (κ3) is 3.26. The predicted molar refractivity (Wildman–Crippen MR) is 104 cm³/mol. The molecular weight excluding hydrogens is 358 g/mol. The number of aromatic nitrogens is 2. The maximum Gasteiger partial charge on any atom is 0.326 e. The Hall–Kier alpha value is -3.48. The number of esters is 1. The lowest BCUT2D eigenvalue weighted by molar-refractivity contribution is -0.148. The topological polar surface area (TPSA) is 81.5 Å². The van der Waals surface area contributed by atoms with Crippen molar-refractivity contribution in [2.75, 3.05) is 11.5 Å². The summed E-state index contributed by atoms with van der Waals surface area (Å²) in [4.78, 5) is 43.0. The Balaban J connectivity index is 1.42. The molecule has 0 bridgehead atoms. The molecule has 1 atom stereocenters. The van der Waals surface area contributed by atoms with E-state index in [-0.39, 0.29) is 30.7 Å². The van der Waals surface area contributed by atoms with Crippen LogP contribution in [0.3, 0.4) is 0 Å². The highest BCUT2D eigenvalue weighted by Gasteiger charge is 2.30. The van der Waals surface area contributed by atoms with Crippen molar-refractivity contribution in [2.45, 2.75) is 25.9 Å². The molecule has 0 radical (unpaired) electrons. The monoisotopic (exact) mass is 377 g/mol. The first-order valence-electron chi connectivity index (χ1n) is 9.04. The van der Waals surface area contributed by atoms with E-state index in [1.165, 1.54) is 10.9 Å². The fraction of sp³-hybridized carbons (Fsp3) is 0.238. The second-order valence-electron chi connectivity index (χ2n) is 6.80. The minimum Gasteiger partial charge on any atom is -0.454 e. The van der Waals surface area contributed by atoms with Crippen LogP contribution in [0.1, 0.15) is 12.5 Å². The number of anilines is 1. The van der Waals surface area contributed by atoms with E-state index in [1.54, 1.807) is 29.2 Å². The molecule has 1 amide bonds. The SMILES string of the molecule is C[C@H]1Cc2ccccc2N1C(=O)COC(=O)Cn1cnc2ccccc2c1=O. The van der Waals surface area contributed by atoms with E-state index in [4.69, 9.17) is 4.74 Å². The Labute approximate surface area is 161 Å². The molecule has 1 aliphatic rings. The highest BCUT2D eigenvalue weighted by atomic mass is 16.5. The summed E-state index contributed by atoms with van der Waals surface area (Å²) < 4.78 is 6.32. The summed E-state index contributed by atoms with van der Waals surface area (Å²) in [5.41, 5.74) is 2.19. The molecule has 0 spiro atoms. The summed E-state index contributed by atoms with van der Waals surface area (Å²) in [5.74, 6) is -0.942. The largest absolute Gasteiger partial charge is 0.454 e. The van der Waals surface area contributed by atoms with E-state index >= 15 is 0 Å². The van der Waals surface area contributed by atoms with Crippen molar-refractivity contribution >= 4 is 28.5 Å². The Morgan fingerprint density at radius 2 is 1.89 bits per heavy atom. The van der Waals surface area contributed by atoms with Crippen molar-refractivity contribution < 1.29 is 14.3 Å². The van der Waals surface area contributed by atoms with Gasteiger partial charge in [-0.1, -0.05) is 30.3 Å². The van der Waals surface area contributed by atoms with Gasteiger partial charge in [0.15, 0.2) is 6.61 Å². The average Bonchev–Trinajstić information content (AvgIpc) is 3.04. The average molecular weight is 377 g/mol. The maximum absolute atomic E-state index is 12.6. The summed E-state index contributed by atoms with van der Waals surface area (Å²) in [6.45, 7) is 1.30. The molecule has 0 aliphatic carbocycles.